The molecule has 0 aromatic heterocycles. The molecule has 0 amide bonds. The van der Waals surface area contributed by atoms with E-state index in [4.69, 9.17) is 0 Å². The van der Waals surface area contributed by atoms with Gasteiger partial charge < -0.3 is 10.2 Å². The van der Waals surface area contributed by atoms with Crippen LogP contribution in [0.4, 0.5) is 0 Å². The van der Waals surface area contributed by atoms with Crippen LogP contribution in [-0.2, 0) is 0 Å². The molecule has 0 rings (SSSR count). The Balaban J connectivity index is 3.50. The van der Waals surface area contributed by atoms with E-state index >= 15 is 0 Å². The first-order chi connectivity index (χ1) is 6.56. The van der Waals surface area contributed by atoms with Gasteiger partial charge in [-0.15, -0.1) is 0 Å². The number of nitrogens with zero attached hydrogens (tertiary/aromatic N) is 1. The lowest BCUT2D eigenvalue weighted by Crippen LogP contribution is -2.30. The van der Waals surface area contributed by atoms with E-state index in [0.717, 1.165) is 13.1 Å². The zero-order valence-corrected chi connectivity index (χ0v) is 10.3. The first-order valence-corrected chi connectivity index (χ1v) is 5.64. The minimum Gasteiger partial charge on any atom is -0.311 e. The Morgan fingerprint density at radius 2 is 2.07 bits per heavy atom. The molecule has 0 aromatic carbocycles. The zero-order valence-electron chi connectivity index (χ0n) is 10.3. The maximum Gasteiger partial charge on any atom is 0.0199 e. The Hall–Kier alpha value is -0.340. The second kappa shape index (κ2) is 8.01. The Bertz CT molecular complexity index is 152. The minimum atomic E-state index is 0.549. The molecule has 0 aliphatic rings. The fourth-order valence-corrected chi connectivity index (χ4v) is 1.29. The standard InChI is InChI=1S/C12H26N2/c1-6-7-8-14(5)10-12(4)9-13-11(2)3/h11,13H,4,6-10H2,1-3,5H3. The fourth-order valence-electron chi connectivity index (χ4n) is 1.29. The summed E-state index contributed by atoms with van der Waals surface area (Å²) in [5.41, 5.74) is 1.28. The van der Waals surface area contributed by atoms with Crippen molar-refractivity contribution in [3.63, 3.8) is 0 Å². The Morgan fingerprint density at radius 3 is 2.57 bits per heavy atom. The van der Waals surface area contributed by atoms with Gasteiger partial charge in [0.2, 0.25) is 0 Å². The van der Waals surface area contributed by atoms with E-state index in [1.807, 2.05) is 0 Å². The molecule has 2 nitrogen and oxygen atoms in total. The molecule has 0 heterocycles. The number of rotatable bonds is 8. The van der Waals surface area contributed by atoms with Gasteiger partial charge in [0.25, 0.3) is 0 Å². The van der Waals surface area contributed by atoms with Crippen molar-refractivity contribution in [1.82, 2.24) is 10.2 Å². The summed E-state index contributed by atoms with van der Waals surface area (Å²) in [5.74, 6) is 0. The predicted octanol–water partition coefficient (Wildman–Crippen LogP) is 2.27. The van der Waals surface area contributed by atoms with Crippen LogP contribution in [0.2, 0.25) is 0 Å². The highest BCUT2D eigenvalue weighted by Crippen LogP contribution is 1.96. The normalized spacial score (nSPS) is 11.3. The highest BCUT2D eigenvalue weighted by Gasteiger charge is 2.01. The van der Waals surface area contributed by atoms with Gasteiger partial charge in [-0.2, -0.15) is 0 Å². The van der Waals surface area contributed by atoms with Crippen LogP contribution in [0, 0.1) is 0 Å². The number of likely N-dealkylation sites (N-methyl/N-ethyl adjacent to an activating group) is 1. The van der Waals surface area contributed by atoms with Crippen LogP contribution in [0.1, 0.15) is 33.6 Å². The summed E-state index contributed by atoms with van der Waals surface area (Å²) in [6.07, 6.45) is 2.54. The van der Waals surface area contributed by atoms with Crippen molar-refractivity contribution in [2.75, 3.05) is 26.7 Å². The van der Waals surface area contributed by atoms with Crippen LogP contribution in [0.25, 0.3) is 0 Å². The molecular formula is C12H26N2. The van der Waals surface area contributed by atoms with Gasteiger partial charge in [-0.05, 0) is 25.6 Å². The summed E-state index contributed by atoms with van der Waals surface area (Å²) in [6, 6.07) is 0.549. The van der Waals surface area contributed by atoms with Crippen molar-refractivity contribution in [2.24, 2.45) is 0 Å². The fraction of sp³-hybridized carbons (Fsp3) is 0.833. The smallest absolute Gasteiger partial charge is 0.0199 e. The molecule has 0 aromatic rings. The predicted molar refractivity (Wildman–Crippen MR) is 64.7 cm³/mol. The lowest BCUT2D eigenvalue weighted by atomic mass is 10.2. The average molecular weight is 198 g/mol. The minimum absolute atomic E-state index is 0.549. The van der Waals surface area contributed by atoms with Gasteiger partial charge in [-0.25, -0.2) is 0 Å². The zero-order chi connectivity index (χ0) is 11.0. The van der Waals surface area contributed by atoms with E-state index in [9.17, 15) is 0 Å². The van der Waals surface area contributed by atoms with E-state index in [1.54, 1.807) is 0 Å². The second-order valence-corrected chi connectivity index (χ2v) is 4.38. The molecule has 1 N–H and O–H groups in total. The summed E-state index contributed by atoms with van der Waals surface area (Å²) < 4.78 is 0. The molecule has 0 fully saturated rings. The summed E-state index contributed by atoms with van der Waals surface area (Å²) >= 11 is 0. The van der Waals surface area contributed by atoms with E-state index in [2.05, 4.69) is 44.6 Å². The molecule has 14 heavy (non-hydrogen) atoms. The van der Waals surface area contributed by atoms with Crippen LogP contribution in [0.3, 0.4) is 0 Å². The van der Waals surface area contributed by atoms with E-state index < -0.39 is 0 Å². The van der Waals surface area contributed by atoms with Gasteiger partial charge in [0, 0.05) is 19.1 Å². The quantitative estimate of drug-likeness (QED) is 0.602. The molecule has 0 aliphatic heterocycles. The molecule has 0 saturated heterocycles. The Morgan fingerprint density at radius 1 is 1.43 bits per heavy atom. The van der Waals surface area contributed by atoms with Gasteiger partial charge >= 0.3 is 0 Å². The van der Waals surface area contributed by atoms with Crippen molar-refractivity contribution < 1.29 is 0 Å². The average Bonchev–Trinajstić information content (AvgIpc) is 2.11. The molecule has 84 valence electrons. The van der Waals surface area contributed by atoms with Crippen molar-refractivity contribution in [2.45, 2.75) is 39.7 Å². The molecule has 0 atom stereocenters. The third kappa shape index (κ3) is 8.27. The van der Waals surface area contributed by atoms with Crippen LogP contribution < -0.4 is 5.32 Å². The van der Waals surface area contributed by atoms with Crippen LogP contribution in [-0.4, -0.2) is 37.6 Å². The number of hydrogen-bond acceptors (Lipinski definition) is 2. The van der Waals surface area contributed by atoms with Gasteiger partial charge in [0.15, 0.2) is 0 Å². The number of nitrogens with one attached hydrogen (secondary N) is 1. The highest BCUT2D eigenvalue weighted by molar-refractivity contribution is 4.99. The van der Waals surface area contributed by atoms with Crippen molar-refractivity contribution in [3.8, 4) is 0 Å². The maximum atomic E-state index is 4.07. The summed E-state index contributed by atoms with van der Waals surface area (Å²) in [4.78, 5) is 2.34. The molecule has 0 bridgehead atoms. The number of unbranched alkanes of at least 4 members (excludes halogenated alkanes) is 1. The topological polar surface area (TPSA) is 15.3 Å². The highest BCUT2D eigenvalue weighted by atomic mass is 15.1. The summed E-state index contributed by atoms with van der Waals surface area (Å²) in [7, 11) is 2.16. The molecule has 2 heteroatoms. The number of hydrogen-bond donors (Lipinski definition) is 1. The molecule has 0 aliphatic carbocycles. The van der Waals surface area contributed by atoms with Crippen LogP contribution in [0.15, 0.2) is 12.2 Å². The summed E-state index contributed by atoms with van der Waals surface area (Å²) in [6.45, 7) is 13.7. The summed E-state index contributed by atoms with van der Waals surface area (Å²) in [5, 5.41) is 3.38. The van der Waals surface area contributed by atoms with Crippen LogP contribution in [0.5, 0.6) is 0 Å². The maximum absolute atomic E-state index is 4.07. The van der Waals surface area contributed by atoms with Gasteiger partial charge in [-0.1, -0.05) is 33.8 Å². The first kappa shape index (κ1) is 13.7. The van der Waals surface area contributed by atoms with E-state index in [0.29, 0.717) is 6.04 Å². The lowest BCUT2D eigenvalue weighted by Gasteiger charge is -2.18. The Labute approximate surface area is 89.4 Å². The van der Waals surface area contributed by atoms with Gasteiger partial charge in [-0.3, -0.25) is 0 Å². The van der Waals surface area contributed by atoms with Crippen molar-refractivity contribution in [3.05, 3.63) is 12.2 Å². The third-order valence-electron chi connectivity index (χ3n) is 2.15. The molecule has 0 unspecified atom stereocenters. The SMILES string of the molecule is C=C(CNC(C)C)CN(C)CCCC. The second-order valence-electron chi connectivity index (χ2n) is 4.38. The molecular weight excluding hydrogens is 172 g/mol. The van der Waals surface area contributed by atoms with Gasteiger partial charge in [0.1, 0.15) is 0 Å². The van der Waals surface area contributed by atoms with E-state index in [1.165, 1.54) is 25.0 Å². The molecule has 0 radical (unpaired) electrons. The monoisotopic (exact) mass is 198 g/mol. The molecule has 0 spiro atoms. The van der Waals surface area contributed by atoms with Gasteiger partial charge in [0.05, 0.1) is 0 Å². The Kier molecular flexibility index (Phi) is 7.81. The van der Waals surface area contributed by atoms with Crippen molar-refractivity contribution in [1.29, 1.82) is 0 Å². The third-order valence-corrected chi connectivity index (χ3v) is 2.15. The molecule has 0 saturated carbocycles. The van der Waals surface area contributed by atoms with E-state index in [-0.39, 0.29) is 0 Å². The van der Waals surface area contributed by atoms with Crippen molar-refractivity contribution >= 4 is 0 Å². The largest absolute Gasteiger partial charge is 0.311 e. The lowest BCUT2D eigenvalue weighted by molar-refractivity contribution is 0.351. The first-order valence-electron chi connectivity index (χ1n) is 5.64. The van der Waals surface area contributed by atoms with Crippen LogP contribution >= 0.6 is 0 Å².